The van der Waals surface area contributed by atoms with E-state index in [1.165, 1.54) is 12.8 Å². The van der Waals surface area contributed by atoms with Crippen molar-refractivity contribution in [1.82, 2.24) is 14.6 Å². The van der Waals surface area contributed by atoms with Crippen molar-refractivity contribution >= 4 is 17.1 Å². The van der Waals surface area contributed by atoms with E-state index in [9.17, 15) is 4.79 Å². The molecule has 134 valence electrons. The first-order chi connectivity index (χ1) is 12.5. The van der Waals surface area contributed by atoms with Crippen molar-refractivity contribution in [2.75, 3.05) is 5.32 Å². The summed E-state index contributed by atoms with van der Waals surface area (Å²) in [6.07, 6.45) is 10.5. The van der Waals surface area contributed by atoms with Gasteiger partial charge in [-0.05, 0) is 30.4 Å². The smallest absolute Gasteiger partial charge is 0.252 e. The van der Waals surface area contributed by atoms with Crippen LogP contribution in [0.2, 0.25) is 0 Å². The molecule has 6 nitrogen and oxygen atoms in total. The Balaban J connectivity index is 1.84. The summed E-state index contributed by atoms with van der Waals surface area (Å²) in [6, 6.07) is 6.23. The molecule has 1 aliphatic carbocycles. The van der Waals surface area contributed by atoms with Gasteiger partial charge in [0.05, 0.1) is 23.0 Å². The van der Waals surface area contributed by atoms with Crippen LogP contribution in [-0.2, 0) is 0 Å². The third-order valence-electron chi connectivity index (χ3n) is 5.47. The van der Waals surface area contributed by atoms with Gasteiger partial charge in [0.15, 0.2) is 0 Å². The second kappa shape index (κ2) is 6.12. The van der Waals surface area contributed by atoms with Gasteiger partial charge in [-0.3, -0.25) is 9.78 Å². The first-order valence-corrected chi connectivity index (χ1v) is 8.94. The lowest BCUT2D eigenvalue weighted by molar-refractivity contribution is 0.100. The summed E-state index contributed by atoms with van der Waals surface area (Å²) in [5.74, 6) is -0.470. The highest BCUT2D eigenvalue weighted by molar-refractivity contribution is 6.02. The molecule has 4 rings (SSSR count). The highest BCUT2D eigenvalue weighted by atomic mass is 16.1. The van der Waals surface area contributed by atoms with Gasteiger partial charge in [-0.15, -0.1) is 0 Å². The largest absolute Gasteiger partial charge is 0.379 e. The van der Waals surface area contributed by atoms with Crippen LogP contribution in [-0.4, -0.2) is 26.5 Å². The number of carbonyl (C=O) groups excluding carboxylic acids is 1. The molecule has 0 spiro atoms. The van der Waals surface area contributed by atoms with E-state index >= 15 is 0 Å². The van der Waals surface area contributed by atoms with Crippen LogP contribution in [0, 0.1) is 5.41 Å². The minimum atomic E-state index is -0.470. The molecule has 1 aliphatic rings. The Morgan fingerprint density at radius 2 is 2.19 bits per heavy atom. The van der Waals surface area contributed by atoms with Crippen LogP contribution in [0.15, 0.2) is 43.0 Å². The Kier molecular flexibility index (Phi) is 3.90. The van der Waals surface area contributed by atoms with Crippen LogP contribution >= 0.6 is 0 Å². The van der Waals surface area contributed by atoms with Crippen LogP contribution in [0.25, 0.3) is 16.6 Å². The molecular formula is C20H23N5O. The Morgan fingerprint density at radius 1 is 1.35 bits per heavy atom. The predicted molar refractivity (Wildman–Crippen MR) is 102 cm³/mol. The van der Waals surface area contributed by atoms with Gasteiger partial charge in [-0.25, -0.2) is 4.52 Å². The van der Waals surface area contributed by atoms with Crippen molar-refractivity contribution in [3.05, 3.63) is 48.5 Å². The van der Waals surface area contributed by atoms with Gasteiger partial charge in [0.1, 0.15) is 0 Å². The zero-order valence-electron chi connectivity index (χ0n) is 15.1. The van der Waals surface area contributed by atoms with Crippen LogP contribution in [0.4, 0.5) is 5.69 Å². The van der Waals surface area contributed by atoms with E-state index in [0.29, 0.717) is 11.6 Å². The molecule has 26 heavy (non-hydrogen) atoms. The molecule has 0 aromatic carbocycles. The van der Waals surface area contributed by atoms with Crippen molar-refractivity contribution in [1.29, 1.82) is 0 Å². The van der Waals surface area contributed by atoms with Gasteiger partial charge in [-0.2, -0.15) is 5.10 Å². The maximum atomic E-state index is 12.0. The van der Waals surface area contributed by atoms with Crippen LogP contribution < -0.4 is 11.1 Å². The summed E-state index contributed by atoms with van der Waals surface area (Å²) in [4.78, 5) is 16.2. The number of carbonyl (C=O) groups is 1. The molecule has 0 saturated heterocycles. The minimum Gasteiger partial charge on any atom is -0.379 e. The Morgan fingerprint density at radius 3 is 2.85 bits per heavy atom. The normalized spacial score (nSPS) is 18.9. The fraction of sp³-hybridized carbons (Fsp3) is 0.350. The molecule has 1 atom stereocenters. The third kappa shape index (κ3) is 2.81. The second-order valence-corrected chi connectivity index (χ2v) is 7.68. The van der Waals surface area contributed by atoms with Crippen LogP contribution in [0.3, 0.4) is 0 Å². The fourth-order valence-electron chi connectivity index (χ4n) is 3.86. The van der Waals surface area contributed by atoms with Crippen molar-refractivity contribution < 1.29 is 4.79 Å². The number of nitrogens with one attached hydrogen (secondary N) is 1. The lowest BCUT2D eigenvalue weighted by atomic mass is 9.87. The maximum Gasteiger partial charge on any atom is 0.252 e. The van der Waals surface area contributed by atoms with E-state index in [2.05, 4.69) is 29.2 Å². The summed E-state index contributed by atoms with van der Waals surface area (Å²) in [6.45, 7) is 4.53. The standard InChI is InChI=1S/C20H23N5O/c1-20(2)7-3-6-17(20)24-18-15(19(21)26)11-23-25-12-14(9-16(18)25)13-5-4-8-22-10-13/h4-5,8-12,17,24H,3,6-7H2,1-2H3,(H2,21,26). The second-order valence-electron chi connectivity index (χ2n) is 7.68. The Bertz CT molecular complexity index is 961. The van der Waals surface area contributed by atoms with E-state index < -0.39 is 5.91 Å². The molecule has 1 amide bonds. The molecule has 1 saturated carbocycles. The number of hydrogen-bond donors (Lipinski definition) is 2. The number of amides is 1. The average Bonchev–Trinajstić information content (AvgIpc) is 3.19. The molecule has 3 aromatic rings. The predicted octanol–water partition coefficient (Wildman–Crippen LogP) is 3.49. The van der Waals surface area contributed by atoms with Crippen molar-refractivity contribution in [3.63, 3.8) is 0 Å². The van der Waals surface area contributed by atoms with Crippen molar-refractivity contribution in [2.24, 2.45) is 11.1 Å². The fourth-order valence-corrected chi connectivity index (χ4v) is 3.86. The number of nitrogens with zero attached hydrogens (tertiary/aromatic N) is 3. The zero-order chi connectivity index (χ0) is 18.3. The average molecular weight is 349 g/mol. The minimum absolute atomic E-state index is 0.175. The molecule has 3 heterocycles. The molecule has 1 fully saturated rings. The van der Waals surface area contributed by atoms with E-state index in [1.807, 2.05) is 30.6 Å². The van der Waals surface area contributed by atoms with Gasteiger partial charge >= 0.3 is 0 Å². The topological polar surface area (TPSA) is 85.3 Å². The number of primary amides is 1. The number of rotatable bonds is 4. The van der Waals surface area contributed by atoms with Gasteiger partial charge in [0, 0.05) is 35.8 Å². The molecule has 0 radical (unpaired) electrons. The highest BCUT2D eigenvalue weighted by Crippen LogP contribution is 2.40. The monoisotopic (exact) mass is 349 g/mol. The summed E-state index contributed by atoms with van der Waals surface area (Å²) in [5, 5.41) is 7.99. The first-order valence-electron chi connectivity index (χ1n) is 8.94. The van der Waals surface area contributed by atoms with E-state index in [4.69, 9.17) is 5.73 Å². The lowest BCUT2D eigenvalue weighted by Gasteiger charge is -2.29. The molecular weight excluding hydrogens is 326 g/mol. The summed E-state index contributed by atoms with van der Waals surface area (Å²) in [7, 11) is 0. The van der Waals surface area contributed by atoms with Gasteiger partial charge in [0.25, 0.3) is 5.91 Å². The van der Waals surface area contributed by atoms with Crippen molar-refractivity contribution in [3.8, 4) is 11.1 Å². The zero-order valence-corrected chi connectivity index (χ0v) is 15.1. The molecule has 6 heteroatoms. The number of aromatic nitrogens is 3. The first kappa shape index (κ1) is 16.6. The van der Waals surface area contributed by atoms with E-state index in [1.54, 1.807) is 16.9 Å². The molecule has 0 bridgehead atoms. The summed E-state index contributed by atoms with van der Waals surface area (Å²) in [5.41, 5.74) is 9.85. The van der Waals surface area contributed by atoms with Gasteiger partial charge < -0.3 is 11.1 Å². The highest BCUT2D eigenvalue weighted by Gasteiger charge is 2.35. The number of nitrogens with two attached hydrogens (primary N) is 1. The summed E-state index contributed by atoms with van der Waals surface area (Å²) >= 11 is 0. The molecule has 0 aliphatic heterocycles. The maximum absolute atomic E-state index is 12.0. The van der Waals surface area contributed by atoms with Gasteiger partial charge in [-0.1, -0.05) is 26.3 Å². The number of fused-ring (bicyclic) bond motifs is 1. The van der Waals surface area contributed by atoms with E-state index in [-0.39, 0.29) is 5.41 Å². The van der Waals surface area contributed by atoms with Gasteiger partial charge in [0.2, 0.25) is 0 Å². The summed E-state index contributed by atoms with van der Waals surface area (Å²) < 4.78 is 1.79. The van der Waals surface area contributed by atoms with Crippen LogP contribution in [0.1, 0.15) is 43.5 Å². The molecule has 1 unspecified atom stereocenters. The van der Waals surface area contributed by atoms with Crippen molar-refractivity contribution in [2.45, 2.75) is 39.2 Å². The SMILES string of the molecule is CC1(C)CCCC1Nc1c(C(N)=O)cnn2cc(-c3cccnc3)cc12. The molecule has 3 N–H and O–H groups in total. The number of pyridine rings is 1. The Hall–Kier alpha value is -2.89. The third-order valence-corrected chi connectivity index (χ3v) is 5.47. The quantitative estimate of drug-likeness (QED) is 0.755. The molecule has 3 aromatic heterocycles. The number of anilines is 1. The lowest BCUT2D eigenvalue weighted by Crippen LogP contribution is -2.32. The number of hydrogen-bond acceptors (Lipinski definition) is 4. The van der Waals surface area contributed by atoms with E-state index in [0.717, 1.165) is 28.8 Å². The van der Waals surface area contributed by atoms with Crippen LogP contribution in [0.5, 0.6) is 0 Å². The Labute approximate surface area is 152 Å².